The van der Waals surface area contributed by atoms with Crippen LogP contribution in [0.4, 0.5) is 0 Å². The molecule has 2 aromatic rings. The molecule has 0 aromatic carbocycles. The van der Waals surface area contributed by atoms with Gasteiger partial charge in [0, 0.05) is 6.20 Å². The quantitative estimate of drug-likeness (QED) is 0.694. The maximum absolute atomic E-state index is 11.0. The summed E-state index contributed by atoms with van der Waals surface area (Å²) in [6, 6.07) is 5.28. The van der Waals surface area contributed by atoms with E-state index < -0.39 is 5.91 Å². The smallest absolute Gasteiger partial charge is 0.250 e. The number of hydrogen-bond acceptors (Lipinski definition) is 2. The predicted molar refractivity (Wildman–Crippen MR) is 48.4 cm³/mol. The lowest BCUT2D eigenvalue weighted by molar-refractivity contribution is 0.100. The minimum absolute atomic E-state index is 0.425. The van der Waals surface area contributed by atoms with E-state index in [2.05, 4.69) is 5.10 Å². The molecule has 0 fully saturated rings. The molecule has 2 heterocycles. The molecule has 0 aliphatic rings. The van der Waals surface area contributed by atoms with Gasteiger partial charge in [0.15, 0.2) is 0 Å². The van der Waals surface area contributed by atoms with Gasteiger partial charge in [-0.1, -0.05) is 0 Å². The van der Waals surface area contributed by atoms with E-state index in [-0.39, 0.29) is 0 Å². The van der Waals surface area contributed by atoms with Crippen molar-refractivity contribution in [2.24, 2.45) is 5.73 Å². The lowest BCUT2D eigenvalue weighted by Gasteiger charge is -1.97. The second-order valence-corrected chi connectivity index (χ2v) is 2.90. The summed E-state index contributed by atoms with van der Waals surface area (Å²) in [6.07, 6.45) is 1.79. The first-order valence-corrected chi connectivity index (χ1v) is 3.93. The van der Waals surface area contributed by atoms with Crippen molar-refractivity contribution in [1.29, 1.82) is 0 Å². The molecule has 0 bridgehead atoms. The number of aryl methyl sites for hydroxylation is 1. The number of aromatic nitrogens is 2. The van der Waals surface area contributed by atoms with Crippen molar-refractivity contribution >= 4 is 11.4 Å². The van der Waals surface area contributed by atoms with Crippen LogP contribution in [-0.4, -0.2) is 15.5 Å². The summed E-state index contributed by atoms with van der Waals surface area (Å²) in [4.78, 5) is 11.0. The summed E-state index contributed by atoms with van der Waals surface area (Å²) < 4.78 is 1.65. The van der Waals surface area contributed by atoms with E-state index in [0.717, 1.165) is 11.2 Å². The molecule has 0 saturated carbocycles. The number of hydrogen-bond donors (Lipinski definition) is 1. The summed E-state index contributed by atoms with van der Waals surface area (Å²) in [5, 5.41) is 4.17. The molecular formula is C9H9N3O. The second kappa shape index (κ2) is 2.58. The molecule has 0 atom stereocenters. The van der Waals surface area contributed by atoms with Crippen LogP contribution in [0.5, 0.6) is 0 Å². The lowest BCUT2D eigenvalue weighted by atomic mass is 10.2. The molecule has 4 heteroatoms. The number of fused-ring (bicyclic) bond motifs is 1. The van der Waals surface area contributed by atoms with Gasteiger partial charge in [-0.25, -0.2) is 4.52 Å². The zero-order chi connectivity index (χ0) is 9.42. The fraction of sp³-hybridized carbons (Fsp3) is 0.111. The topological polar surface area (TPSA) is 60.4 Å². The highest BCUT2D eigenvalue weighted by atomic mass is 16.1. The average Bonchev–Trinajstić information content (AvgIpc) is 2.43. The summed E-state index contributed by atoms with van der Waals surface area (Å²) in [5.74, 6) is -0.425. The fourth-order valence-corrected chi connectivity index (χ4v) is 1.35. The molecule has 0 radical (unpaired) electrons. The minimum atomic E-state index is -0.425. The number of carbonyl (C=O) groups is 1. The Balaban J connectivity index is 2.82. The fourth-order valence-electron chi connectivity index (χ4n) is 1.35. The summed E-state index contributed by atoms with van der Waals surface area (Å²) >= 11 is 0. The monoisotopic (exact) mass is 175 g/mol. The molecule has 1 amide bonds. The van der Waals surface area contributed by atoms with Crippen molar-refractivity contribution in [1.82, 2.24) is 9.61 Å². The molecular weight excluding hydrogens is 166 g/mol. The van der Waals surface area contributed by atoms with E-state index in [4.69, 9.17) is 5.73 Å². The van der Waals surface area contributed by atoms with Gasteiger partial charge in [0.05, 0.1) is 16.8 Å². The Morgan fingerprint density at radius 3 is 3.08 bits per heavy atom. The van der Waals surface area contributed by atoms with Crippen LogP contribution in [0.3, 0.4) is 0 Å². The Bertz CT molecular complexity index is 473. The van der Waals surface area contributed by atoms with Crippen LogP contribution in [0.15, 0.2) is 24.4 Å². The highest BCUT2D eigenvalue weighted by Crippen LogP contribution is 2.11. The summed E-state index contributed by atoms with van der Waals surface area (Å²) in [5.41, 5.74) is 7.34. The van der Waals surface area contributed by atoms with Gasteiger partial charge in [-0.15, -0.1) is 0 Å². The van der Waals surface area contributed by atoms with Crippen molar-refractivity contribution in [3.8, 4) is 0 Å². The van der Waals surface area contributed by atoms with Crippen molar-refractivity contribution in [2.75, 3.05) is 0 Å². The maximum Gasteiger partial charge on any atom is 0.250 e. The van der Waals surface area contributed by atoms with Crippen LogP contribution in [0.1, 0.15) is 16.1 Å². The Morgan fingerprint density at radius 2 is 2.38 bits per heavy atom. The third kappa shape index (κ3) is 1.16. The SMILES string of the molecule is Cc1cc2c(C(N)=O)cccn2n1. The van der Waals surface area contributed by atoms with Gasteiger partial charge in [-0.3, -0.25) is 4.79 Å². The molecule has 13 heavy (non-hydrogen) atoms. The largest absolute Gasteiger partial charge is 0.366 e. The first kappa shape index (κ1) is 7.79. The van der Waals surface area contributed by atoms with Crippen LogP contribution in [0, 0.1) is 6.92 Å². The highest BCUT2D eigenvalue weighted by molar-refractivity contribution is 5.99. The van der Waals surface area contributed by atoms with Gasteiger partial charge in [0.1, 0.15) is 0 Å². The van der Waals surface area contributed by atoms with Crippen molar-refractivity contribution in [3.05, 3.63) is 35.7 Å². The molecule has 0 spiro atoms. The number of pyridine rings is 1. The number of primary amides is 1. The third-order valence-corrected chi connectivity index (χ3v) is 1.89. The normalized spacial score (nSPS) is 10.5. The second-order valence-electron chi connectivity index (χ2n) is 2.90. The van der Waals surface area contributed by atoms with E-state index >= 15 is 0 Å². The summed E-state index contributed by atoms with van der Waals surface area (Å²) in [6.45, 7) is 1.87. The molecule has 0 unspecified atom stereocenters. The van der Waals surface area contributed by atoms with Crippen LogP contribution in [0.25, 0.3) is 5.52 Å². The van der Waals surface area contributed by atoms with E-state index in [1.165, 1.54) is 0 Å². The van der Waals surface area contributed by atoms with Gasteiger partial charge in [0.2, 0.25) is 0 Å². The highest BCUT2D eigenvalue weighted by Gasteiger charge is 2.07. The van der Waals surface area contributed by atoms with Gasteiger partial charge < -0.3 is 5.73 Å². The lowest BCUT2D eigenvalue weighted by Crippen LogP contribution is -2.12. The van der Waals surface area contributed by atoms with E-state index in [9.17, 15) is 4.79 Å². The molecule has 2 N–H and O–H groups in total. The zero-order valence-electron chi connectivity index (χ0n) is 7.19. The standard InChI is InChI=1S/C9H9N3O/c1-6-5-8-7(9(10)13)3-2-4-12(8)11-6/h2-5H,1H3,(H2,10,13). The first-order valence-electron chi connectivity index (χ1n) is 3.93. The first-order chi connectivity index (χ1) is 6.18. The number of nitrogens with two attached hydrogens (primary N) is 1. The van der Waals surface area contributed by atoms with Crippen molar-refractivity contribution in [2.45, 2.75) is 6.92 Å². The molecule has 0 saturated heterocycles. The van der Waals surface area contributed by atoms with Gasteiger partial charge >= 0.3 is 0 Å². The maximum atomic E-state index is 11.0. The van der Waals surface area contributed by atoms with Crippen LogP contribution >= 0.6 is 0 Å². The van der Waals surface area contributed by atoms with Crippen LogP contribution in [0.2, 0.25) is 0 Å². The number of nitrogens with zero attached hydrogens (tertiary/aromatic N) is 2. The zero-order valence-corrected chi connectivity index (χ0v) is 7.19. The molecule has 2 rings (SSSR count). The van der Waals surface area contributed by atoms with Gasteiger partial charge in [0.25, 0.3) is 5.91 Å². The predicted octanol–water partition coefficient (Wildman–Crippen LogP) is 0.742. The molecule has 0 aliphatic heterocycles. The van der Waals surface area contributed by atoms with Crippen molar-refractivity contribution in [3.63, 3.8) is 0 Å². The van der Waals surface area contributed by atoms with Crippen molar-refractivity contribution < 1.29 is 4.79 Å². The molecule has 0 aliphatic carbocycles. The van der Waals surface area contributed by atoms with E-state index in [1.807, 2.05) is 13.0 Å². The Kier molecular flexibility index (Phi) is 1.55. The van der Waals surface area contributed by atoms with E-state index in [1.54, 1.807) is 22.8 Å². The minimum Gasteiger partial charge on any atom is -0.366 e. The van der Waals surface area contributed by atoms with E-state index in [0.29, 0.717) is 5.56 Å². The Hall–Kier alpha value is -1.84. The molecule has 2 aromatic heterocycles. The summed E-state index contributed by atoms with van der Waals surface area (Å²) in [7, 11) is 0. The molecule has 66 valence electrons. The molecule has 4 nitrogen and oxygen atoms in total. The Morgan fingerprint density at radius 1 is 1.62 bits per heavy atom. The van der Waals surface area contributed by atoms with Crippen LogP contribution in [-0.2, 0) is 0 Å². The average molecular weight is 175 g/mol. The Labute approximate surface area is 75.0 Å². The number of carbonyl (C=O) groups excluding carboxylic acids is 1. The van der Waals surface area contributed by atoms with Gasteiger partial charge in [-0.05, 0) is 25.1 Å². The number of amides is 1. The number of rotatable bonds is 1. The van der Waals surface area contributed by atoms with Crippen LogP contribution < -0.4 is 5.73 Å². The van der Waals surface area contributed by atoms with Gasteiger partial charge in [-0.2, -0.15) is 5.10 Å². The third-order valence-electron chi connectivity index (χ3n) is 1.89.